The molecule has 0 aromatic rings. The van der Waals surface area contributed by atoms with Gasteiger partial charge in [-0.05, 0) is 32.5 Å². The standard InChI is InChI=1S/C9H17NOS/c1-5-7-6(2)9(3,4)10-8(12)11-7/h6-7H,5H2,1-4H3,(H,10,12). The molecule has 1 rings (SSSR count). The third-order valence-electron chi connectivity index (χ3n) is 2.78. The molecule has 2 nitrogen and oxygen atoms in total. The van der Waals surface area contributed by atoms with Crippen molar-refractivity contribution >= 4 is 17.4 Å². The molecular weight excluding hydrogens is 170 g/mol. The molecule has 3 heteroatoms. The van der Waals surface area contributed by atoms with Crippen LogP contribution in [0, 0.1) is 5.92 Å². The van der Waals surface area contributed by atoms with Crippen LogP contribution in [0.3, 0.4) is 0 Å². The summed E-state index contributed by atoms with van der Waals surface area (Å²) in [6.07, 6.45) is 1.29. The minimum absolute atomic E-state index is 0.0655. The van der Waals surface area contributed by atoms with Gasteiger partial charge in [-0.3, -0.25) is 0 Å². The van der Waals surface area contributed by atoms with Crippen LogP contribution in [0.5, 0.6) is 0 Å². The van der Waals surface area contributed by atoms with Crippen molar-refractivity contribution in [3.8, 4) is 0 Å². The topological polar surface area (TPSA) is 21.3 Å². The summed E-state index contributed by atoms with van der Waals surface area (Å²) >= 11 is 5.02. The first-order valence-corrected chi connectivity index (χ1v) is 4.87. The molecule has 1 aliphatic heterocycles. The highest BCUT2D eigenvalue weighted by Crippen LogP contribution is 2.27. The molecular formula is C9H17NOS. The summed E-state index contributed by atoms with van der Waals surface area (Å²) < 4.78 is 5.50. The lowest BCUT2D eigenvalue weighted by Crippen LogP contribution is -2.58. The van der Waals surface area contributed by atoms with E-state index in [1.165, 1.54) is 0 Å². The van der Waals surface area contributed by atoms with Crippen molar-refractivity contribution in [1.82, 2.24) is 5.32 Å². The molecule has 0 spiro atoms. The van der Waals surface area contributed by atoms with Gasteiger partial charge in [-0.15, -0.1) is 0 Å². The zero-order valence-corrected chi connectivity index (χ0v) is 8.99. The maximum absolute atomic E-state index is 5.50. The molecule has 1 heterocycles. The van der Waals surface area contributed by atoms with E-state index in [0.29, 0.717) is 11.1 Å². The molecule has 0 aromatic heterocycles. The first kappa shape index (κ1) is 9.78. The number of thiocarbonyl (C=S) groups is 1. The molecule has 0 aromatic carbocycles. The van der Waals surface area contributed by atoms with Crippen LogP contribution in [0.15, 0.2) is 0 Å². The van der Waals surface area contributed by atoms with Crippen molar-refractivity contribution in [2.45, 2.75) is 45.8 Å². The van der Waals surface area contributed by atoms with Crippen molar-refractivity contribution < 1.29 is 4.74 Å². The van der Waals surface area contributed by atoms with Gasteiger partial charge in [0.2, 0.25) is 0 Å². The summed E-state index contributed by atoms with van der Waals surface area (Å²) in [5, 5.41) is 3.73. The predicted octanol–water partition coefficient (Wildman–Crippen LogP) is 2.08. The van der Waals surface area contributed by atoms with Crippen LogP contribution in [0.1, 0.15) is 34.1 Å². The van der Waals surface area contributed by atoms with Gasteiger partial charge in [-0.2, -0.15) is 0 Å². The van der Waals surface area contributed by atoms with Crippen LogP contribution < -0.4 is 5.32 Å². The number of hydrogen-bond donors (Lipinski definition) is 1. The first-order chi connectivity index (χ1) is 5.47. The summed E-state index contributed by atoms with van der Waals surface area (Å²) in [5.74, 6) is 0.495. The van der Waals surface area contributed by atoms with E-state index in [-0.39, 0.29) is 11.6 Å². The Bertz CT molecular complexity index is 191. The van der Waals surface area contributed by atoms with Crippen molar-refractivity contribution in [2.75, 3.05) is 0 Å². The largest absolute Gasteiger partial charge is 0.467 e. The maximum Gasteiger partial charge on any atom is 0.257 e. The molecule has 12 heavy (non-hydrogen) atoms. The Hall–Kier alpha value is -0.310. The average molecular weight is 187 g/mol. The van der Waals surface area contributed by atoms with E-state index >= 15 is 0 Å². The van der Waals surface area contributed by atoms with Gasteiger partial charge in [0.25, 0.3) is 5.17 Å². The number of hydrogen-bond acceptors (Lipinski definition) is 2. The maximum atomic E-state index is 5.50. The molecule has 1 aliphatic rings. The smallest absolute Gasteiger partial charge is 0.257 e. The van der Waals surface area contributed by atoms with Gasteiger partial charge in [0.15, 0.2) is 0 Å². The van der Waals surface area contributed by atoms with E-state index in [4.69, 9.17) is 17.0 Å². The normalized spacial score (nSPS) is 33.8. The second-order valence-corrected chi connectivity index (χ2v) is 4.36. The molecule has 1 fully saturated rings. The Morgan fingerprint density at radius 1 is 1.58 bits per heavy atom. The minimum Gasteiger partial charge on any atom is -0.467 e. The number of nitrogens with one attached hydrogen (secondary N) is 1. The highest BCUT2D eigenvalue weighted by molar-refractivity contribution is 7.80. The Balaban J connectivity index is 2.75. The van der Waals surface area contributed by atoms with Crippen LogP contribution in [0.4, 0.5) is 0 Å². The van der Waals surface area contributed by atoms with Crippen LogP contribution >= 0.6 is 12.2 Å². The second-order valence-electron chi connectivity index (χ2n) is 3.99. The average Bonchev–Trinajstić information content (AvgIpc) is 1.96. The van der Waals surface area contributed by atoms with Gasteiger partial charge in [0.05, 0.1) is 0 Å². The molecule has 1 N–H and O–H groups in total. The molecule has 1 saturated heterocycles. The van der Waals surface area contributed by atoms with Crippen molar-refractivity contribution in [3.05, 3.63) is 0 Å². The lowest BCUT2D eigenvalue weighted by atomic mass is 9.83. The summed E-state index contributed by atoms with van der Waals surface area (Å²) in [5.41, 5.74) is 0.0655. The second kappa shape index (κ2) is 3.21. The van der Waals surface area contributed by atoms with Gasteiger partial charge >= 0.3 is 0 Å². The quantitative estimate of drug-likeness (QED) is 0.635. The highest BCUT2D eigenvalue weighted by atomic mass is 32.1. The highest BCUT2D eigenvalue weighted by Gasteiger charge is 2.38. The Morgan fingerprint density at radius 2 is 2.17 bits per heavy atom. The van der Waals surface area contributed by atoms with E-state index in [2.05, 4.69) is 33.0 Å². The van der Waals surface area contributed by atoms with Crippen molar-refractivity contribution in [3.63, 3.8) is 0 Å². The van der Waals surface area contributed by atoms with Gasteiger partial charge in [-0.25, -0.2) is 0 Å². The van der Waals surface area contributed by atoms with Gasteiger partial charge in [0, 0.05) is 11.5 Å². The molecule has 70 valence electrons. The lowest BCUT2D eigenvalue weighted by molar-refractivity contribution is 0.0428. The van der Waals surface area contributed by atoms with Gasteiger partial charge in [0.1, 0.15) is 6.10 Å². The number of ether oxygens (including phenoxy) is 1. The monoisotopic (exact) mass is 187 g/mol. The summed E-state index contributed by atoms with van der Waals surface area (Å²) in [6.45, 7) is 8.65. The van der Waals surface area contributed by atoms with E-state index in [0.717, 1.165) is 6.42 Å². The zero-order chi connectivity index (χ0) is 9.35. The van der Waals surface area contributed by atoms with E-state index in [1.807, 2.05) is 0 Å². The molecule has 2 atom stereocenters. The van der Waals surface area contributed by atoms with Crippen LogP contribution in [-0.2, 0) is 4.74 Å². The predicted molar refractivity (Wildman–Crippen MR) is 54.1 cm³/mol. The molecule has 0 amide bonds. The van der Waals surface area contributed by atoms with Crippen LogP contribution in [-0.4, -0.2) is 16.8 Å². The van der Waals surface area contributed by atoms with E-state index in [9.17, 15) is 0 Å². The third kappa shape index (κ3) is 1.71. The molecule has 0 saturated carbocycles. The summed E-state index contributed by atoms with van der Waals surface area (Å²) in [4.78, 5) is 0. The minimum atomic E-state index is 0.0655. The fraction of sp³-hybridized carbons (Fsp3) is 0.889. The first-order valence-electron chi connectivity index (χ1n) is 4.46. The van der Waals surface area contributed by atoms with Crippen LogP contribution in [0.2, 0.25) is 0 Å². The molecule has 2 unspecified atom stereocenters. The molecule has 0 radical (unpaired) electrons. The molecule has 0 aliphatic carbocycles. The van der Waals surface area contributed by atoms with Crippen molar-refractivity contribution in [1.29, 1.82) is 0 Å². The number of rotatable bonds is 1. The van der Waals surface area contributed by atoms with Crippen molar-refractivity contribution in [2.24, 2.45) is 5.92 Å². The third-order valence-corrected chi connectivity index (χ3v) is 2.98. The lowest BCUT2D eigenvalue weighted by Gasteiger charge is -2.43. The fourth-order valence-electron chi connectivity index (χ4n) is 1.55. The Kier molecular flexibility index (Phi) is 2.61. The van der Waals surface area contributed by atoms with Gasteiger partial charge in [-0.1, -0.05) is 13.8 Å². The van der Waals surface area contributed by atoms with E-state index in [1.54, 1.807) is 0 Å². The zero-order valence-electron chi connectivity index (χ0n) is 8.18. The Morgan fingerprint density at radius 3 is 2.67 bits per heavy atom. The SMILES string of the molecule is CCC1OC(=S)NC(C)(C)C1C. The van der Waals surface area contributed by atoms with E-state index < -0.39 is 0 Å². The molecule has 0 bridgehead atoms. The summed E-state index contributed by atoms with van der Waals surface area (Å²) in [6, 6.07) is 0. The fourth-order valence-corrected chi connectivity index (χ4v) is 1.93. The van der Waals surface area contributed by atoms with Gasteiger partial charge < -0.3 is 10.1 Å². The Labute approximate surface area is 79.7 Å². The summed E-state index contributed by atoms with van der Waals surface area (Å²) in [7, 11) is 0. The van der Waals surface area contributed by atoms with Crippen LogP contribution in [0.25, 0.3) is 0 Å².